The van der Waals surface area contributed by atoms with Crippen LogP contribution in [0.3, 0.4) is 0 Å². The maximum absolute atomic E-state index is 7.98. The molecule has 1 atom stereocenters. The number of hydrogen-bond acceptors (Lipinski definition) is 2. The lowest BCUT2D eigenvalue weighted by Gasteiger charge is -1.87. The zero-order valence-electron chi connectivity index (χ0n) is 3.76. The van der Waals surface area contributed by atoms with E-state index in [-0.39, 0.29) is 6.04 Å². The van der Waals surface area contributed by atoms with E-state index in [9.17, 15) is 0 Å². The largest absolute Gasteiger partial charge is 0.516 e. The van der Waals surface area contributed by atoms with E-state index >= 15 is 0 Å². The lowest BCUT2D eigenvalue weighted by Crippen LogP contribution is -2.09. The first kappa shape index (κ1) is 5.50. The highest BCUT2D eigenvalue weighted by Gasteiger charge is 1.77. The summed E-state index contributed by atoms with van der Waals surface area (Å²) in [5, 5.41) is 7.98. The molecule has 2 heteroatoms. The fourth-order valence-corrected chi connectivity index (χ4v) is 0.136. The van der Waals surface area contributed by atoms with Gasteiger partial charge in [-0.15, -0.1) is 0 Å². The zero-order valence-corrected chi connectivity index (χ0v) is 3.76. The van der Waals surface area contributed by atoms with Crippen molar-refractivity contribution in [2.75, 3.05) is 0 Å². The summed E-state index contributed by atoms with van der Waals surface area (Å²) in [6, 6.07) is -0.0324. The van der Waals surface area contributed by atoms with Crippen molar-refractivity contribution < 1.29 is 5.11 Å². The van der Waals surface area contributed by atoms with E-state index in [1.807, 2.05) is 0 Å². The van der Waals surface area contributed by atoms with Gasteiger partial charge in [0.1, 0.15) is 0 Å². The van der Waals surface area contributed by atoms with Crippen molar-refractivity contribution in [1.29, 1.82) is 0 Å². The Balaban J connectivity index is 3.03. The zero-order chi connectivity index (χ0) is 4.99. The monoisotopic (exact) mass is 87.1 g/mol. The van der Waals surface area contributed by atoms with Gasteiger partial charge >= 0.3 is 0 Å². The van der Waals surface area contributed by atoms with Gasteiger partial charge in [-0.1, -0.05) is 0 Å². The lowest BCUT2D eigenvalue weighted by atomic mass is 10.4. The van der Waals surface area contributed by atoms with Crippen LogP contribution in [-0.2, 0) is 0 Å². The molecule has 0 fully saturated rings. The molecule has 0 rings (SSSR count). The van der Waals surface area contributed by atoms with E-state index in [2.05, 4.69) is 0 Å². The second kappa shape index (κ2) is 2.72. The van der Waals surface area contributed by atoms with Gasteiger partial charge in [0.25, 0.3) is 0 Å². The molecule has 0 bridgehead atoms. The van der Waals surface area contributed by atoms with Gasteiger partial charge in [0.2, 0.25) is 0 Å². The first-order valence-electron chi connectivity index (χ1n) is 1.84. The summed E-state index contributed by atoms with van der Waals surface area (Å²) in [7, 11) is 0. The van der Waals surface area contributed by atoms with Crippen LogP contribution in [0.1, 0.15) is 6.92 Å². The van der Waals surface area contributed by atoms with E-state index in [0.717, 1.165) is 6.26 Å². The molecule has 36 valence electrons. The molecular weight excluding hydrogens is 78.0 g/mol. The summed E-state index contributed by atoms with van der Waals surface area (Å²) >= 11 is 0. The van der Waals surface area contributed by atoms with Crippen LogP contribution in [0.25, 0.3) is 0 Å². The summed E-state index contributed by atoms with van der Waals surface area (Å²) in [5.41, 5.74) is 5.16. The highest BCUT2D eigenvalue weighted by Crippen LogP contribution is 1.72. The highest BCUT2D eigenvalue weighted by molar-refractivity contribution is 4.80. The van der Waals surface area contributed by atoms with Crippen LogP contribution in [0.4, 0.5) is 0 Å². The van der Waals surface area contributed by atoms with Gasteiger partial charge in [-0.3, -0.25) is 0 Å². The van der Waals surface area contributed by atoms with Crippen molar-refractivity contribution in [3.8, 4) is 0 Å². The number of hydrogen-bond donors (Lipinski definition) is 2. The van der Waals surface area contributed by atoms with Crippen molar-refractivity contribution in [1.82, 2.24) is 0 Å². The topological polar surface area (TPSA) is 46.2 Å². The SMILES string of the molecule is CC(N)/C=C/O. The van der Waals surface area contributed by atoms with E-state index in [0.29, 0.717) is 0 Å². The Labute approximate surface area is 37.3 Å². The molecule has 0 aliphatic carbocycles. The molecule has 0 saturated carbocycles. The molecule has 0 aliphatic rings. The van der Waals surface area contributed by atoms with Crippen molar-refractivity contribution in [3.63, 3.8) is 0 Å². The number of nitrogens with two attached hydrogens (primary N) is 1. The molecular formula is C4H9NO. The minimum atomic E-state index is -0.0324. The van der Waals surface area contributed by atoms with Gasteiger partial charge in [0.15, 0.2) is 0 Å². The van der Waals surface area contributed by atoms with Gasteiger partial charge in [0, 0.05) is 6.04 Å². The standard InChI is InChI=1S/C4H9NO/c1-4(5)2-3-6/h2-4,6H,5H2,1H3/b3-2+. The first-order chi connectivity index (χ1) is 2.77. The molecule has 0 aliphatic heterocycles. The summed E-state index contributed by atoms with van der Waals surface area (Å²) in [6.45, 7) is 1.78. The summed E-state index contributed by atoms with van der Waals surface area (Å²) < 4.78 is 0. The fraction of sp³-hybridized carbons (Fsp3) is 0.500. The van der Waals surface area contributed by atoms with Gasteiger partial charge in [-0.2, -0.15) is 0 Å². The average Bonchev–Trinajstić information content (AvgIpc) is 1.35. The molecule has 0 saturated heterocycles. The van der Waals surface area contributed by atoms with Gasteiger partial charge in [-0.05, 0) is 13.0 Å². The molecule has 0 aromatic heterocycles. The summed E-state index contributed by atoms with van der Waals surface area (Å²) in [5.74, 6) is 0. The quantitative estimate of drug-likeness (QED) is 0.455. The van der Waals surface area contributed by atoms with Crippen molar-refractivity contribution >= 4 is 0 Å². The molecule has 0 spiro atoms. The highest BCUT2D eigenvalue weighted by atomic mass is 16.2. The molecule has 0 aromatic rings. The maximum atomic E-state index is 7.98. The van der Waals surface area contributed by atoms with Crippen molar-refractivity contribution in [2.45, 2.75) is 13.0 Å². The first-order valence-corrected chi connectivity index (χ1v) is 1.84. The molecule has 2 nitrogen and oxygen atoms in total. The Morgan fingerprint density at radius 2 is 2.33 bits per heavy atom. The van der Waals surface area contributed by atoms with E-state index < -0.39 is 0 Å². The Morgan fingerprint density at radius 3 is 2.33 bits per heavy atom. The second-order valence-electron chi connectivity index (χ2n) is 1.20. The predicted octanol–water partition coefficient (Wildman–Crippen LogP) is 0.405. The smallest absolute Gasteiger partial charge is 0.0767 e. The van der Waals surface area contributed by atoms with Gasteiger partial charge < -0.3 is 10.8 Å². The van der Waals surface area contributed by atoms with Crippen molar-refractivity contribution in [3.05, 3.63) is 12.3 Å². The summed E-state index contributed by atoms with van der Waals surface area (Å²) in [4.78, 5) is 0. The third kappa shape index (κ3) is 3.50. The number of aliphatic hydroxyl groups excluding tert-OH is 1. The van der Waals surface area contributed by atoms with Crippen LogP contribution in [0.2, 0.25) is 0 Å². The molecule has 0 aromatic carbocycles. The maximum Gasteiger partial charge on any atom is 0.0767 e. The third-order valence-corrected chi connectivity index (χ3v) is 0.390. The number of aliphatic hydroxyl groups is 1. The van der Waals surface area contributed by atoms with Crippen LogP contribution in [-0.4, -0.2) is 11.1 Å². The average molecular weight is 87.1 g/mol. The van der Waals surface area contributed by atoms with Crippen LogP contribution < -0.4 is 5.73 Å². The van der Waals surface area contributed by atoms with E-state index in [1.54, 1.807) is 6.92 Å². The molecule has 1 unspecified atom stereocenters. The summed E-state index contributed by atoms with van der Waals surface area (Å²) in [6.07, 6.45) is 2.45. The van der Waals surface area contributed by atoms with E-state index in [1.165, 1.54) is 6.08 Å². The Morgan fingerprint density at radius 1 is 1.83 bits per heavy atom. The minimum Gasteiger partial charge on any atom is -0.516 e. The minimum absolute atomic E-state index is 0.0324. The molecule has 6 heavy (non-hydrogen) atoms. The number of rotatable bonds is 1. The van der Waals surface area contributed by atoms with Gasteiger partial charge in [-0.25, -0.2) is 0 Å². The van der Waals surface area contributed by atoms with Crippen molar-refractivity contribution in [2.24, 2.45) is 5.73 Å². The molecule has 0 radical (unpaired) electrons. The predicted molar refractivity (Wildman–Crippen MR) is 25.4 cm³/mol. The fourth-order valence-electron chi connectivity index (χ4n) is 0.136. The van der Waals surface area contributed by atoms with Crippen LogP contribution in [0, 0.1) is 0 Å². The van der Waals surface area contributed by atoms with Crippen LogP contribution >= 0.6 is 0 Å². The molecule has 3 N–H and O–H groups in total. The molecule has 0 heterocycles. The Kier molecular flexibility index (Phi) is 2.50. The molecule has 0 amide bonds. The van der Waals surface area contributed by atoms with Gasteiger partial charge in [0.05, 0.1) is 6.26 Å². The van der Waals surface area contributed by atoms with Crippen LogP contribution in [0.5, 0.6) is 0 Å². The van der Waals surface area contributed by atoms with E-state index in [4.69, 9.17) is 10.8 Å². The third-order valence-electron chi connectivity index (χ3n) is 0.390. The van der Waals surface area contributed by atoms with Crippen LogP contribution in [0.15, 0.2) is 12.3 Å². The Bertz CT molecular complexity index is 49.5. The normalized spacial score (nSPS) is 15.7. The Hall–Kier alpha value is -0.500. The lowest BCUT2D eigenvalue weighted by molar-refractivity contribution is 0.469. The second-order valence-corrected chi connectivity index (χ2v) is 1.20.